The minimum atomic E-state index is 0.481. The van der Waals surface area contributed by atoms with Gasteiger partial charge in [-0.05, 0) is 48.1 Å². The van der Waals surface area contributed by atoms with Crippen molar-refractivity contribution in [3.8, 4) is 5.75 Å². The first-order chi connectivity index (χ1) is 9.09. The molecule has 0 aliphatic rings. The summed E-state index contributed by atoms with van der Waals surface area (Å²) in [5.74, 6) is 1.48. The van der Waals surface area contributed by atoms with E-state index in [1.807, 2.05) is 6.07 Å². The van der Waals surface area contributed by atoms with Crippen LogP contribution >= 0.6 is 0 Å². The molecule has 1 nitrogen and oxygen atoms in total. The Hall–Kier alpha value is -1.76. The van der Waals surface area contributed by atoms with Crippen LogP contribution in [0.25, 0.3) is 0 Å². The fourth-order valence-corrected chi connectivity index (χ4v) is 2.32. The maximum absolute atomic E-state index is 6.05. The minimum absolute atomic E-state index is 0.481. The van der Waals surface area contributed by atoms with Gasteiger partial charge in [-0.1, -0.05) is 50.2 Å². The van der Waals surface area contributed by atoms with Gasteiger partial charge in [0, 0.05) is 0 Å². The van der Waals surface area contributed by atoms with Crippen LogP contribution in [0.1, 0.15) is 42.0 Å². The normalized spacial score (nSPS) is 10.8. The molecule has 0 heterocycles. The lowest BCUT2D eigenvalue weighted by Gasteiger charge is -2.16. The van der Waals surface area contributed by atoms with Crippen LogP contribution in [0, 0.1) is 13.8 Å². The molecule has 100 valence electrons. The summed E-state index contributed by atoms with van der Waals surface area (Å²) < 4.78 is 6.05. The van der Waals surface area contributed by atoms with Crippen LogP contribution in [-0.4, -0.2) is 0 Å². The molecule has 0 saturated carbocycles. The molecule has 0 aliphatic heterocycles. The molecular weight excluding hydrogens is 232 g/mol. The van der Waals surface area contributed by atoms with Crippen LogP contribution in [-0.2, 0) is 6.61 Å². The molecule has 0 bridgehead atoms. The van der Waals surface area contributed by atoms with Gasteiger partial charge in [0.25, 0.3) is 0 Å². The molecule has 0 aliphatic carbocycles. The molecule has 0 amide bonds. The number of hydrogen-bond acceptors (Lipinski definition) is 1. The summed E-state index contributed by atoms with van der Waals surface area (Å²) in [6.07, 6.45) is 0. The Morgan fingerprint density at radius 3 is 2.16 bits per heavy atom. The van der Waals surface area contributed by atoms with Crippen molar-refractivity contribution in [3.63, 3.8) is 0 Å². The zero-order valence-corrected chi connectivity index (χ0v) is 12.2. The van der Waals surface area contributed by atoms with Gasteiger partial charge in [0.15, 0.2) is 0 Å². The lowest BCUT2D eigenvalue weighted by atomic mass is 10.0. The summed E-state index contributed by atoms with van der Waals surface area (Å²) in [6.45, 7) is 9.31. The average Bonchev–Trinajstić information content (AvgIpc) is 2.38. The van der Waals surface area contributed by atoms with E-state index in [2.05, 4.69) is 64.1 Å². The molecule has 0 spiro atoms. The monoisotopic (exact) mass is 254 g/mol. The average molecular weight is 254 g/mol. The van der Waals surface area contributed by atoms with E-state index < -0.39 is 0 Å². The SMILES string of the molecule is Cc1cccc(C)c1COc1ccccc1C(C)C. The zero-order chi connectivity index (χ0) is 13.8. The number of aryl methyl sites for hydroxylation is 2. The first kappa shape index (κ1) is 13.7. The Kier molecular flexibility index (Phi) is 4.26. The fraction of sp³-hybridized carbons (Fsp3) is 0.333. The second-order valence-electron chi connectivity index (χ2n) is 5.35. The smallest absolute Gasteiger partial charge is 0.123 e. The summed E-state index contributed by atoms with van der Waals surface area (Å²) in [6, 6.07) is 14.7. The molecule has 19 heavy (non-hydrogen) atoms. The number of para-hydroxylation sites is 1. The zero-order valence-electron chi connectivity index (χ0n) is 12.2. The number of benzene rings is 2. The van der Waals surface area contributed by atoms with Crippen molar-refractivity contribution in [2.45, 2.75) is 40.2 Å². The molecule has 0 fully saturated rings. The summed E-state index contributed by atoms with van der Waals surface area (Å²) in [7, 11) is 0. The number of hydrogen-bond donors (Lipinski definition) is 0. The van der Waals surface area contributed by atoms with Gasteiger partial charge in [-0.15, -0.1) is 0 Å². The Labute approximate surface area is 116 Å². The largest absolute Gasteiger partial charge is 0.489 e. The molecule has 1 heteroatoms. The van der Waals surface area contributed by atoms with Gasteiger partial charge in [0.1, 0.15) is 12.4 Å². The molecule has 2 aromatic rings. The molecule has 0 atom stereocenters. The first-order valence-electron chi connectivity index (χ1n) is 6.86. The van der Waals surface area contributed by atoms with E-state index in [0.29, 0.717) is 12.5 Å². The van der Waals surface area contributed by atoms with E-state index in [9.17, 15) is 0 Å². The van der Waals surface area contributed by atoms with Crippen molar-refractivity contribution in [1.29, 1.82) is 0 Å². The third-order valence-corrected chi connectivity index (χ3v) is 3.56. The van der Waals surface area contributed by atoms with E-state index in [1.54, 1.807) is 0 Å². The van der Waals surface area contributed by atoms with Crippen LogP contribution in [0.3, 0.4) is 0 Å². The van der Waals surface area contributed by atoms with E-state index in [-0.39, 0.29) is 0 Å². The molecular formula is C18H22O. The Bertz CT molecular complexity index is 535. The van der Waals surface area contributed by atoms with Gasteiger partial charge >= 0.3 is 0 Å². The highest BCUT2D eigenvalue weighted by atomic mass is 16.5. The fourth-order valence-electron chi connectivity index (χ4n) is 2.32. The predicted molar refractivity (Wildman–Crippen MR) is 80.8 cm³/mol. The van der Waals surface area contributed by atoms with Crippen molar-refractivity contribution in [2.75, 3.05) is 0 Å². The second kappa shape index (κ2) is 5.92. The van der Waals surface area contributed by atoms with Gasteiger partial charge in [-0.3, -0.25) is 0 Å². The van der Waals surface area contributed by atoms with Gasteiger partial charge < -0.3 is 4.74 Å². The highest BCUT2D eigenvalue weighted by Crippen LogP contribution is 2.27. The summed E-state index contributed by atoms with van der Waals surface area (Å²) in [4.78, 5) is 0. The quantitative estimate of drug-likeness (QED) is 0.745. The van der Waals surface area contributed by atoms with Crippen LogP contribution in [0.4, 0.5) is 0 Å². The van der Waals surface area contributed by atoms with Crippen molar-refractivity contribution < 1.29 is 4.74 Å². The maximum Gasteiger partial charge on any atom is 0.123 e. The van der Waals surface area contributed by atoms with Crippen LogP contribution < -0.4 is 4.74 Å². The van der Waals surface area contributed by atoms with Crippen LogP contribution in [0.2, 0.25) is 0 Å². The summed E-state index contributed by atoms with van der Waals surface area (Å²) in [5, 5.41) is 0. The second-order valence-corrected chi connectivity index (χ2v) is 5.35. The summed E-state index contributed by atoms with van der Waals surface area (Å²) in [5.41, 5.74) is 5.15. The van der Waals surface area contributed by atoms with E-state index >= 15 is 0 Å². The molecule has 0 saturated heterocycles. The summed E-state index contributed by atoms with van der Waals surface area (Å²) >= 11 is 0. The van der Waals surface area contributed by atoms with E-state index in [4.69, 9.17) is 4.74 Å². The standard InChI is InChI=1S/C18H22O/c1-13(2)16-10-5-6-11-18(16)19-12-17-14(3)8-7-9-15(17)4/h5-11,13H,12H2,1-4H3. The van der Waals surface area contributed by atoms with Gasteiger partial charge in [0.2, 0.25) is 0 Å². The van der Waals surface area contributed by atoms with Gasteiger partial charge in [0.05, 0.1) is 0 Å². The third-order valence-electron chi connectivity index (χ3n) is 3.56. The highest BCUT2D eigenvalue weighted by molar-refractivity contribution is 5.37. The Balaban J connectivity index is 2.19. The number of ether oxygens (including phenoxy) is 1. The predicted octanol–water partition coefficient (Wildman–Crippen LogP) is 5.01. The van der Waals surface area contributed by atoms with Crippen LogP contribution in [0.5, 0.6) is 5.75 Å². The molecule has 0 aromatic heterocycles. The minimum Gasteiger partial charge on any atom is -0.489 e. The van der Waals surface area contributed by atoms with E-state index in [0.717, 1.165) is 5.75 Å². The molecule has 2 rings (SSSR count). The van der Waals surface area contributed by atoms with Gasteiger partial charge in [-0.25, -0.2) is 0 Å². The number of rotatable bonds is 4. The van der Waals surface area contributed by atoms with E-state index in [1.165, 1.54) is 22.3 Å². The van der Waals surface area contributed by atoms with Crippen molar-refractivity contribution >= 4 is 0 Å². The molecule has 0 unspecified atom stereocenters. The topological polar surface area (TPSA) is 9.23 Å². The van der Waals surface area contributed by atoms with Crippen molar-refractivity contribution in [3.05, 3.63) is 64.7 Å². The molecule has 0 N–H and O–H groups in total. The Morgan fingerprint density at radius 1 is 0.895 bits per heavy atom. The highest BCUT2D eigenvalue weighted by Gasteiger charge is 2.08. The van der Waals surface area contributed by atoms with Crippen LogP contribution in [0.15, 0.2) is 42.5 Å². The molecule has 2 aromatic carbocycles. The van der Waals surface area contributed by atoms with Crippen molar-refractivity contribution in [2.24, 2.45) is 0 Å². The first-order valence-corrected chi connectivity index (χ1v) is 6.86. The lowest BCUT2D eigenvalue weighted by Crippen LogP contribution is -2.03. The van der Waals surface area contributed by atoms with Crippen molar-refractivity contribution in [1.82, 2.24) is 0 Å². The Morgan fingerprint density at radius 2 is 1.53 bits per heavy atom. The maximum atomic E-state index is 6.05. The molecule has 0 radical (unpaired) electrons. The lowest BCUT2D eigenvalue weighted by molar-refractivity contribution is 0.300. The van der Waals surface area contributed by atoms with Gasteiger partial charge in [-0.2, -0.15) is 0 Å². The third kappa shape index (κ3) is 3.17.